The Labute approximate surface area is 211 Å². The Bertz CT molecular complexity index is 1370. The third kappa shape index (κ3) is 6.43. The van der Waals surface area contributed by atoms with Gasteiger partial charge in [-0.1, -0.05) is 41.4 Å². The van der Waals surface area contributed by atoms with Gasteiger partial charge in [-0.3, -0.25) is 4.79 Å². The van der Waals surface area contributed by atoms with E-state index in [4.69, 9.17) is 11.6 Å². The van der Waals surface area contributed by atoms with E-state index in [9.17, 15) is 30.8 Å². The molecule has 0 bridgehead atoms. The lowest BCUT2D eigenvalue weighted by atomic mass is 10.1. The fourth-order valence-corrected chi connectivity index (χ4v) is 5.83. The van der Waals surface area contributed by atoms with Crippen molar-refractivity contribution in [1.82, 2.24) is 4.31 Å². The highest BCUT2D eigenvalue weighted by Crippen LogP contribution is 2.33. The van der Waals surface area contributed by atoms with Crippen LogP contribution < -0.4 is 5.32 Å². The molecule has 3 rings (SSSR count). The van der Waals surface area contributed by atoms with E-state index >= 15 is 0 Å². The van der Waals surface area contributed by atoms with E-state index in [0.717, 1.165) is 15.9 Å². The van der Waals surface area contributed by atoms with Gasteiger partial charge in [-0.15, -0.1) is 0 Å². The summed E-state index contributed by atoms with van der Waals surface area (Å²) >= 11 is 5.92. The Hall–Kier alpha value is -2.95. The van der Waals surface area contributed by atoms with Crippen molar-refractivity contribution in [3.63, 3.8) is 0 Å². The van der Waals surface area contributed by atoms with Gasteiger partial charge in [0.1, 0.15) is 5.82 Å². The minimum atomic E-state index is -4.96. The van der Waals surface area contributed by atoms with E-state index in [1.807, 2.05) is 6.92 Å². The number of halogens is 5. The van der Waals surface area contributed by atoms with Crippen LogP contribution in [0, 0.1) is 26.6 Å². The molecule has 0 aliphatic rings. The van der Waals surface area contributed by atoms with E-state index < -0.39 is 40.0 Å². The number of carbonyl (C=O) groups is 1. The molecule has 0 saturated carbocycles. The molecule has 1 N–H and O–H groups in total. The number of nitrogens with one attached hydrogen (secondary N) is 1. The molecule has 0 aliphatic heterocycles. The molecule has 0 saturated heterocycles. The molecule has 0 fully saturated rings. The zero-order valence-electron chi connectivity index (χ0n) is 19.6. The molecule has 192 valence electrons. The first-order valence-electron chi connectivity index (χ1n) is 10.7. The first kappa shape index (κ1) is 27.6. The average Bonchev–Trinajstić information content (AvgIpc) is 2.74. The van der Waals surface area contributed by atoms with Crippen molar-refractivity contribution in [3.8, 4) is 0 Å². The number of amides is 1. The molecule has 0 aliphatic carbocycles. The fraction of sp³-hybridized carbons (Fsp3) is 0.240. The number of anilines is 1. The highest BCUT2D eigenvalue weighted by atomic mass is 35.5. The number of benzene rings is 3. The Morgan fingerprint density at radius 2 is 1.56 bits per heavy atom. The molecule has 0 aromatic heterocycles. The van der Waals surface area contributed by atoms with Crippen LogP contribution in [-0.2, 0) is 27.5 Å². The van der Waals surface area contributed by atoms with Gasteiger partial charge in [0.15, 0.2) is 0 Å². The van der Waals surface area contributed by atoms with Crippen LogP contribution in [0.1, 0.15) is 27.8 Å². The van der Waals surface area contributed by atoms with Crippen molar-refractivity contribution < 1.29 is 30.8 Å². The number of hydrogen-bond donors (Lipinski definition) is 1. The number of alkyl halides is 3. The van der Waals surface area contributed by atoms with Crippen molar-refractivity contribution >= 4 is 33.2 Å². The summed E-state index contributed by atoms with van der Waals surface area (Å²) in [4.78, 5) is 12.8. The minimum absolute atomic E-state index is 0.0380. The lowest BCUT2D eigenvalue weighted by molar-refractivity contribution is -0.140. The first-order chi connectivity index (χ1) is 16.7. The van der Waals surface area contributed by atoms with Gasteiger partial charge >= 0.3 is 6.18 Å². The monoisotopic (exact) mass is 542 g/mol. The summed E-state index contributed by atoms with van der Waals surface area (Å²) in [5.74, 6) is -2.38. The Morgan fingerprint density at radius 3 is 2.11 bits per heavy atom. The van der Waals surface area contributed by atoms with Gasteiger partial charge in [0.2, 0.25) is 15.9 Å². The number of aryl methyl sites for hydroxylation is 3. The fourth-order valence-electron chi connectivity index (χ4n) is 3.90. The number of hydrogen-bond acceptors (Lipinski definition) is 3. The molecule has 1 amide bonds. The zero-order valence-corrected chi connectivity index (χ0v) is 21.2. The highest BCUT2D eigenvalue weighted by molar-refractivity contribution is 7.89. The van der Waals surface area contributed by atoms with Crippen molar-refractivity contribution in [1.29, 1.82) is 0 Å². The summed E-state index contributed by atoms with van der Waals surface area (Å²) < 4.78 is 81.1. The summed E-state index contributed by atoms with van der Waals surface area (Å²) in [5.41, 5.74) is 0.518. The first-order valence-corrected chi connectivity index (χ1v) is 12.5. The van der Waals surface area contributed by atoms with Gasteiger partial charge < -0.3 is 5.32 Å². The normalized spacial score (nSPS) is 12.1. The molecule has 0 unspecified atom stereocenters. The maximum absolute atomic E-state index is 13.7. The molecule has 3 aromatic carbocycles. The van der Waals surface area contributed by atoms with Crippen molar-refractivity contribution in [2.45, 2.75) is 38.4 Å². The van der Waals surface area contributed by atoms with Gasteiger partial charge in [0, 0.05) is 17.3 Å². The van der Waals surface area contributed by atoms with E-state index in [2.05, 4.69) is 5.32 Å². The summed E-state index contributed by atoms with van der Waals surface area (Å²) in [6.45, 7) is 4.22. The number of sulfonamides is 1. The van der Waals surface area contributed by atoms with Gasteiger partial charge in [-0.2, -0.15) is 17.5 Å². The second-order valence-electron chi connectivity index (χ2n) is 8.37. The molecule has 5 nitrogen and oxygen atoms in total. The van der Waals surface area contributed by atoms with E-state index in [0.29, 0.717) is 33.8 Å². The number of nitrogens with zero attached hydrogens (tertiary/aromatic N) is 1. The van der Waals surface area contributed by atoms with Gasteiger partial charge in [0.05, 0.1) is 17.0 Å². The number of rotatable bonds is 7. The third-order valence-electron chi connectivity index (χ3n) is 5.35. The lowest BCUT2D eigenvalue weighted by Crippen LogP contribution is -2.38. The zero-order chi connectivity index (χ0) is 26.8. The largest absolute Gasteiger partial charge is 0.419 e. The molecule has 3 aromatic rings. The Kier molecular flexibility index (Phi) is 8.12. The maximum Gasteiger partial charge on any atom is 0.419 e. The molecule has 36 heavy (non-hydrogen) atoms. The van der Waals surface area contributed by atoms with Crippen LogP contribution in [0.3, 0.4) is 0 Å². The molecule has 0 radical (unpaired) electrons. The van der Waals surface area contributed by atoms with Crippen molar-refractivity contribution in [2.75, 3.05) is 11.9 Å². The minimum Gasteiger partial charge on any atom is -0.325 e. The SMILES string of the molecule is Cc1cc(C)c(S(=O)(=O)N(CC(=O)Nc2ccc(F)c(C(F)(F)F)c2)Cc2ccc(Cl)cc2)c(C)c1. The Morgan fingerprint density at radius 1 is 0.972 bits per heavy atom. The van der Waals surface area contributed by atoms with E-state index in [1.165, 1.54) is 0 Å². The van der Waals surface area contributed by atoms with Gasteiger partial charge in [0.25, 0.3) is 0 Å². The second kappa shape index (κ2) is 10.6. The van der Waals surface area contributed by atoms with Crippen LogP contribution in [0.15, 0.2) is 59.5 Å². The predicted octanol–water partition coefficient (Wildman–Crippen LogP) is 6.25. The standard InChI is InChI=1S/C25H23ClF4N2O3S/c1-15-10-16(2)24(17(3)11-15)36(34,35)32(13-18-4-6-19(26)7-5-18)14-23(33)31-20-8-9-22(27)21(12-20)25(28,29)30/h4-12H,13-14H2,1-3H3,(H,31,33). The summed E-state index contributed by atoms with van der Waals surface area (Å²) in [7, 11) is -4.21. The summed E-state index contributed by atoms with van der Waals surface area (Å²) in [6.07, 6.45) is -4.96. The lowest BCUT2D eigenvalue weighted by Gasteiger charge is -2.24. The maximum atomic E-state index is 13.7. The van der Waals surface area contributed by atoms with Crippen molar-refractivity contribution in [3.05, 3.63) is 93.3 Å². The summed E-state index contributed by atoms with van der Waals surface area (Å²) in [6, 6.07) is 11.8. The quantitative estimate of drug-likeness (QED) is 0.359. The molecule has 11 heteroatoms. The van der Waals surface area contributed by atoms with E-state index in [1.54, 1.807) is 50.2 Å². The number of carbonyl (C=O) groups excluding carboxylic acids is 1. The molecule has 0 heterocycles. The van der Waals surface area contributed by atoms with Crippen LogP contribution in [0.2, 0.25) is 5.02 Å². The summed E-state index contributed by atoms with van der Waals surface area (Å²) in [5, 5.41) is 2.67. The third-order valence-corrected chi connectivity index (χ3v) is 7.70. The molecular weight excluding hydrogens is 520 g/mol. The molecular formula is C25H23ClF4N2O3S. The van der Waals surface area contributed by atoms with Gasteiger partial charge in [-0.05, 0) is 67.8 Å². The van der Waals surface area contributed by atoms with Crippen LogP contribution >= 0.6 is 11.6 Å². The smallest absolute Gasteiger partial charge is 0.325 e. The molecule has 0 spiro atoms. The Balaban J connectivity index is 1.96. The van der Waals surface area contributed by atoms with Crippen LogP contribution in [0.5, 0.6) is 0 Å². The second-order valence-corrected chi connectivity index (χ2v) is 10.7. The van der Waals surface area contributed by atoms with Crippen LogP contribution in [-0.4, -0.2) is 25.2 Å². The van der Waals surface area contributed by atoms with Crippen LogP contribution in [0.25, 0.3) is 0 Å². The average molecular weight is 543 g/mol. The van der Waals surface area contributed by atoms with Crippen LogP contribution in [0.4, 0.5) is 23.2 Å². The topological polar surface area (TPSA) is 66.5 Å². The van der Waals surface area contributed by atoms with E-state index in [-0.39, 0.29) is 17.1 Å². The highest BCUT2D eigenvalue weighted by Gasteiger charge is 2.35. The predicted molar refractivity (Wildman–Crippen MR) is 130 cm³/mol. The van der Waals surface area contributed by atoms with Crippen molar-refractivity contribution in [2.24, 2.45) is 0 Å². The van der Waals surface area contributed by atoms with Gasteiger partial charge in [-0.25, -0.2) is 12.8 Å². The molecule has 0 atom stereocenters.